The summed E-state index contributed by atoms with van der Waals surface area (Å²) in [6, 6.07) is 13.3. The van der Waals surface area contributed by atoms with Gasteiger partial charge in [0.1, 0.15) is 5.75 Å². The maximum atomic E-state index is 13.1. The van der Waals surface area contributed by atoms with Crippen LogP contribution in [0.4, 0.5) is 5.69 Å². The van der Waals surface area contributed by atoms with Crippen LogP contribution in [-0.4, -0.2) is 35.9 Å². The van der Waals surface area contributed by atoms with Crippen molar-refractivity contribution in [1.82, 2.24) is 4.90 Å². The Morgan fingerprint density at radius 2 is 1.65 bits per heavy atom. The predicted molar refractivity (Wildman–Crippen MR) is 125 cm³/mol. The van der Waals surface area contributed by atoms with Gasteiger partial charge in [-0.25, -0.2) is 0 Å². The molecule has 1 N–H and O–H groups in total. The van der Waals surface area contributed by atoms with Crippen LogP contribution in [0, 0.1) is 6.92 Å². The Hall–Kier alpha value is -2.82. The Bertz CT molecular complexity index is 915. The molecule has 1 saturated heterocycles. The Balaban J connectivity index is 1.74. The molecule has 5 nitrogen and oxygen atoms in total. The van der Waals surface area contributed by atoms with E-state index in [1.807, 2.05) is 30.0 Å². The number of hydrogen-bond donors (Lipinski definition) is 1. The quantitative estimate of drug-likeness (QED) is 0.665. The summed E-state index contributed by atoms with van der Waals surface area (Å²) in [5.41, 5.74) is 3.22. The van der Waals surface area contributed by atoms with Gasteiger partial charge < -0.3 is 15.0 Å². The number of rotatable bonds is 6. The van der Waals surface area contributed by atoms with Crippen molar-refractivity contribution in [3.63, 3.8) is 0 Å². The molecule has 1 fully saturated rings. The Kier molecular flexibility index (Phi) is 7.72. The third-order valence-electron chi connectivity index (χ3n) is 5.77. The summed E-state index contributed by atoms with van der Waals surface area (Å²) in [5, 5.41) is 2.92. The third-order valence-corrected chi connectivity index (χ3v) is 5.77. The minimum atomic E-state index is -0.694. The second kappa shape index (κ2) is 10.5. The van der Waals surface area contributed by atoms with E-state index in [0.717, 1.165) is 55.6 Å². The Morgan fingerprint density at radius 3 is 2.32 bits per heavy atom. The summed E-state index contributed by atoms with van der Waals surface area (Å²) in [6.07, 6.45) is 3.68. The van der Waals surface area contributed by atoms with E-state index in [2.05, 4.69) is 31.3 Å². The van der Waals surface area contributed by atoms with Crippen molar-refractivity contribution in [2.45, 2.75) is 65.4 Å². The van der Waals surface area contributed by atoms with E-state index in [0.29, 0.717) is 11.3 Å². The minimum absolute atomic E-state index is 0.0212. The molecule has 0 unspecified atom stereocenters. The van der Waals surface area contributed by atoms with E-state index in [9.17, 15) is 9.59 Å². The number of nitrogens with zero attached hydrogens (tertiary/aromatic N) is 1. The molecule has 166 valence electrons. The number of aryl methyl sites for hydroxylation is 1. The van der Waals surface area contributed by atoms with Crippen LogP contribution in [0.25, 0.3) is 0 Å². The van der Waals surface area contributed by atoms with Crippen molar-refractivity contribution in [3.8, 4) is 5.75 Å². The summed E-state index contributed by atoms with van der Waals surface area (Å²) in [4.78, 5) is 27.9. The molecule has 2 aromatic rings. The lowest BCUT2D eigenvalue weighted by molar-refractivity contribution is -0.122. The fraction of sp³-hybridized carbons (Fsp3) is 0.462. The van der Waals surface area contributed by atoms with Crippen molar-refractivity contribution in [2.75, 3.05) is 18.4 Å². The van der Waals surface area contributed by atoms with Crippen LogP contribution in [0.3, 0.4) is 0 Å². The van der Waals surface area contributed by atoms with Crippen LogP contribution in [0.15, 0.2) is 42.5 Å². The Labute approximate surface area is 185 Å². The molecule has 2 amide bonds. The van der Waals surface area contributed by atoms with Gasteiger partial charge >= 0.3 is 0 Å². The van der Waals surface area contributed by atoms with Gasteiger partial charge in [-0.05, 0) is 61.9 Å². The van der Waals surface area contributed by atoms with Crippen molar-refractivity contribution < 1.29 is 14.3 Å². The highest BCUT2D eigenvalue weighted by Gasteiger charge is 2.23. The molecule has 0 spiro atoms. The first-order valence-corrected chi connectivity index (χ1v) is 11.3. The zero-order valence-corrected chi connectivity index (χ0v) is 19.1. The number of likely N-dealkylation sites (tertiary alicyclic amines) is 1. The minimum Gasteiger partial charge on any atom is -0.481 e. The average molecular weight is 423 g/mol. The molecule has 1 heterocycles. The summed E-state index contributed by atoms with van der Waals surface area (Å²) in [7, 11) is 0. The second-order valence-electron chi connectivity index (χ2n) is 8.70. The number of para-hydroxylation sites is 1. The van der Waals surface area contributed by atoms with Crippen LogP contribution < -0.4 is 10.1 Å². The zero-order chi connectivity index (χ0) is 22.4. The van der Waals surface area contributed by atoms with Gasteiger partial charge in [0.25, 0.3) is 11.8 Å². The topological polar surface area (TPSA) is 58.6 Å². The predicted octanol–water partition coefficient (Wildman–Crippen LogP) is 5.54. The van der Waals surface area contributed by atoms with Crippen LogP contribution >= 0.6 is 0 Å². The normalized spacial score (nSPS) is 15.3. The van der Waals surface area contributed by atoms with Gasteiger partial charge in [0, 0.05) is 13.1 Å². The highest BCUT2D eigenvalue weighted by atomic mass is 16.5. The van der Waals surface area contributed by atoms with Gasteiger partial charge in [-0.15, -0.1) is 0 Å². The van der Waals surface area contributed by atoms with Gasteiger partial charge in [-0.1, -0.05) is 51.0 Å². The second-order valence-corrected chi connectivity index (χ2v) is 8.70. The zero-order valence-electron chi connectivity index (χ0n) is 19.1. The van der Waals surface area contributed by atoms with Crippen LogP contribution in [0.1, 0.15) is 73.9 Å². The van der Waals surface area contributed by atoms with E-state index >= 15 is 0 Å². The number of carbonyl (C=O) groups excluding carboxylic acids is 2. The third kappa shape index (κ3) is 5.87. The SMILES string of the molecule is Cc1ccc(C(C)C)c(O[C@@H](C)C(=O)Nc2ccccc2C(=O)N2CCCCCC2)c1. The molecule has 3 rings (SSSR count). The van der Waals surface area contributed by atoms with Crippen molar-refractivity contribution >= 4 is 17.5 Å². The first kappa shape index (κ1) is 22.9. The lowest BCUT2D eigenvalue weighted by atomic mass is 10.0. The first-order valence-electron chi connectivity index (χ1n) is 11.3. The summed E-state index contributed by atoms with van der Waals surface area (Å²) in [5.74, 6) is 0.726. The fourth-order valence-electron chi connectivity index (χ4n) is 3.92. The summed E-state index contributed by atoms with van der Waals surface area (Å²) >= 11 is 0. The number of carbonyl (C=O) groups is 2. The van der Waals surface area contributed by atoms with Crippen LogP contribution in [0.5, 0.6) is 5.75 Å². The van der Waals surface area contributed by atoms with Gasteiger partial charge in [0.2, 0.25) is 0 Å². The van der Waals surface area contributed by atoms with E-state index in [1.165, 1.54) is 0 Å². The molecule has 1 atom stereocenters. The fourth-order valence-corrected chi connectivity index (χ4v) is 3.92. The smallest absolute Gasteiger partial charge is 0.265 e. The lowest BCUT2D eigenvalue weighted by Crippen LogP contribution is -2.34. The molecule has 0 aliphatic carbocycles. The largest absolute Gasteiger partial charge is 0.481 e. The summed E-state index contributed by atoms with van der Waals surface area (Å²) in [6.45, 7) is 9.49. The highest BCUT2D eigenvalue weighted by molar-refractivity contribution is 6.04. The van der Waals surface area contributed by atoms with E-state index < -0.39 is 6.10 Å². The summed E-state index contributed by atoms with van der Waals surface area (Å²) < 4.78 is 6.05. The molecule has 0 bridgehead atoms. The van der Waals surface area contributed by atoms with Crippen LogP contribution in [0.2, 0.25) is 0 Å². The number of anilines is 1. The van der Waals surface area contributed by atoms with Gasteiger partial charge in [-0.3, -0.25) is 9.59 Å². The van der Waals surface area contributed by atoms with E-state index in [-0.39, 0.29) is 17.7 Å². The average Bonchev–Trinajstić information content (AvgIpc) is 3.03. The molecule has 2 aromatic carbocycles. The molecule has 5 heteroatoms. The molecular weight excluding hydrogens is 388 g/mol. The maximum absolute atomic E-state index is 13.1. The number of nitrogens with one attached hydrogen (secondary N) is 1. The molecule has 0 aromatic heterocycles. The Morgan fingerprint density at radius 1 is 0.968 bits per heavy atom. The van der Waals surface area contributed by atoms with Gasteiger partial charge in [0.05, 0.1) is 11.3 Å². The van der Waals surface area contributed by atoms with Crippen molar-refractivity contribution in [2.24, 2.45) is 0 Å². The number of ether oxygens (including phenoxy) is 1. The van der Waals surface area contributed by atoms with Crippen molar-refractivity contribution in [1.29, 1.82) is 0 Å². The van der Waals surface area contributed by atoms with E-state index in [1.54, 1.807) is 19.1 Å². The lowest BCUT2D eigenvalue weighted by Gasteiger charge is -2.23. The number of hydrogen-bond acceptors (Lipinski definition) is 3. The maximum Gasteiger partial charge on any atom is 0.265 e. The van der Waals surface area contributed by atoms with Gasteiger partial charge in [0.15, 0.2) is 6.10 Å². The first-order chi connectivity index (χ1) is 14.9. The number of benzene rings is 2. The van der Waals surface area contributed by atoms with E-state index in [4.69, 9.17) is 4.74 Å². The molecule has 0 radical (unpaired) electrons. The molecule has 1 aliphatic heterocycles. The monoisotopic (exact) mass is 422 g/mol. The number of amides is 2. The highest BCUT2D eigenvalue weighted by Crippen LogP contribution is 2.28. The van der Waals surface area contributed by atoms with Crippen LogP contribution in [-0.2, 0) is 4.79 Å². The molecular formula is C26H34N2O3. The molecule has 31 heavy (non-hydrogen) atoms. The molecule has 0 saturated carbocycles. The standard InChI is InChI=1S/C26H34N2O3/c1-18(2)21-14-13-19(3)17-24(21)31-20(4)25(29)27-23-12-8-7-11-22(23)26(30)28-15-9-5-6-10-16-28/h7-8,11-14,17-18,20H,5-6,9-10,15-16H2,1-4H3,(H,27,29)/t20-/m0/s1. The molecule has 1 aliphatic rings. The van der Waals surface area contributed by atoms with Gasteiger partial charge in [-0.2, -0.15) is 0 Å². The van der Waals surface area contributed by atoms with Crippen molar-refractivity contribution in [3.05, 3.63) is 59.2 Å².